The minimum Gasteiger partial charge on any atom is -0.493 e. The van der Waals surface area contributed by atoms with Gasteiger partial charge in [-0.15, -0.1) is 0 Å². The smallest absolute Gasteiger partial charge is 0.127 e. The molecule has 1 unspecified atom stereocenters. The Kier molecular flexibility index (Phi) is 3.70. The average Bonchev–Trinajstić information content (AvgIpc) is 2.50. The van der Waals surface area contributed by atoms with E-state index in [1.165, 1.54) is 16.7 Å². The number of benzene rings is 1. The number of aryl methyl sites for hydroxylation is 2. The van der Waals surface area contributed by atoms with E-state index in [-0.39, 0.29) is 6.04 Å². The third-order valence-electron chi connectivity index (χ3n) is 3.83. The first-order chi connectivity index (χ1) is 9.79. The summed E-state index contributed by atoms with van der Waals surface area (Å²) >= 11 is 0. The predicted octanol–water partition coefficient (Wildman–Crippen LogP) is 3.02. The zero-order valence-electron chi connectivity index (χ0n) is 12.0. The van der Waals surface area contributed by atoms with Crippen molar-refractivity contribution in [1.82, 2.24) is 10.3 Å². The van der Waals surface area contributed by atoms with Crippen molar-refractivity contribution >= 4 is 0 Å². The topological polar surface area (TPSA) is 34.2 Å². The summed E-state index contributed by atoms with van der Waals surface area (Å²) < 4.78 is 5.92. The van der Waals surface area contributed by atoms with E-state index in [4.69, 9.17) is 4.74 Å². The molecule has 3 rings (SSSR count). The Morgan fingerprint density at radius 2 is 2.15 bits per heavy atom. The SMILES string of the molecule is CNC(c1ccc(C)nc1)c1cccc2c1OCCC2. The van der Waals surface area contributed by atoms with Crippen LogP contribution in [0.2, 0.25) is 0 Å². The molecule has 1 aliphatic rings. The predicted molar refractivity (Wildman–Crippen MR) is 80.1 cm³/mol. The Morgan fingerprint density at radius 3 is 2.90 bits per heavy atom. The molecule has 0 radical (unpaired) electrons. The molecule has 3 nitrogen and oxygen atoms in total. The van der Waals surface area contributed by atoms with Crippen LogP contribution in [0.5, 0.6) is 5.75 Å². The van der Waals surface area contributed by atoms with Crippen LogP contribution in [0.4, 0.5) is 0 Å². The molecule has 3 heteroatoms. The number of hydrogen-bond donors (Lipinski definition) is 1. The van der Waals surface area contributed by atoms with Gasteiger partial charge < -0.3 is 10.1 Å². The molecule has 0 spiro atoms. The first kappa shape index (κ1) is 13.1. The second-order valence-electron chi connectivity index (χ2n) is 5.24. The lowest BCUT2D eigenvalue weighted by atomic mass is 9.94. The van der Waals surface area contributed by atoms with E-state index in [2.05, 4.69) is 40.6 Å². The highest BCUT2D eigenvalue weighted by Gasteiger charge is 2.21. The summed E-state index contributed by atoms with van der Waals surface area (Å²) in [5.74, 6) is 1.05. The van der Waals surface area contributed by atoms with Crippen molar-refractivity contribution in [3.63, 3.8) is 0 Å². The lowest BCUT2D eigenvalue weighted by Gasteiger charge is -2.25. The van der Waals surface area contributed by atoms with Gasteiger partial charge >= 0.3 is 0 Å². The Morgan fingerprint density at radius 1 is 1.25 bits per heavy atom. The van der Waals surface area contributed by atoms with Gasteiger partial charge in [-0.05, 0) is 44.0 Å². The minimum atomic E-state index is 0.121. The fraction of sp³-hybridized carbons (Fsp3) is 0.353. The third kappa shape index (κ3) is 2.41. The van der Waals surface area contributed by atoms with Crippen molar-refractivity contribution in [2.24, 2.45) is 0 Å². The molecule has 0 bridgehead atoms. The van der Waals surface area contributed by atoms with Crippen molar-refractivity contribution in [2.75, 3.05) is 13.7 Å². The van der Waals surface area contributed by atoms with Crippen LogP contribution in [-0.2, 0) is 6.42 Å². The van der Waals surface area contributed by atoms with E-state index in [1.54, 1.807) is 0 Å². The number of aromatic nitrogens is 1. The first-order valence-electron chi connectivity index (χ1n) is 7.14. The van der Waals surface area contributed by atoms with Gasteiger partial charge in [0.15, 0.2) is 0 Å². The van der Waals surface area contributed by atoms with Crippen molar-refractivity contribution in [2.45, 2.75) is 25.8 Å². The van der Waals surface area contributed by atoms with E-state index in [1.807, 2.05) is 20.2 Å². The quantitative estimate of drug-likeness (QED) is 0.929. The Bertz CT molecular complexity index is 592. The third-order valence-corrected chi connectivity index (χ3v) is 3.83. The molecule has 1 aliphatic heterocycles. The van der Waals surface area contributed by atoms with E-state index >= 15 is 0 Å². The largest absolute Gasteiger partial charge is 0.493 e. The number of fused-ring (bicyclic) bond motifs is 1. The fourth-order valence-electron chi connectivity index (χ4n) is 2.79. The summed E-state index contributed by atoms with van der Waals surface area (Å²) in [6, 6.07) is 10.7. The molecule has 1 N–H and O–H groups in total. The van der Waals surface area contributed by atoms with E-state index in [0.29, 0.717) is 0 Å². The lowest BCUT2D eigenvalue weighted by Crippen LogP contribution is -2.21. The van der Waals surface area contributed by atoms with Gasteiger partial charge in [-0.3, -0.25) is 4.98 Å². The van der Waals surface area contributed by atoms with E-state index < -0.39 is 0 Å². The molecule has 1 atom stereocenters. The van der Waals surface area contributed by atoms with Crippen LogP contribution in [0.25, 0.3) is 0 Å². The van der Waals surface area contributed by atoms with Gasteiger partial charge in [-0.2, -0.15) is 0 Å². The molecule has 0 aliphatic carbocycles. The summed E-state index contributed by atoms with van der Waals surface area (Å²) in [7, 11) is 1.98. The van der Waals surface area contributed by atoms with E-state index in [0.717, 1.165) is 30.9 Å². The molecule has 2 heterocycles. The van der Waals surface area contributed by atoms with Gasteiger partial charge in [0.2, 0.25) is 0 Å². The molecule has 20 heavy (non-hydrogen) atoms. The fourth-order valence-corrected chi connectivity index (χ4v) is 2.79. The van der Waals surface area contributed by atoms with Crippen molar-refractivity contribution in [3.8, 4) is 5.75 Å². The van der Waals surface area contributed by atoms with Crippen molar-refractivity contribution < 1.29 is 4.74 Å². The second kappa shape index (κ2) is 5.63. The molecular weight excluding hydrogens is 248 g/mol. The molecule has 104 valence electrons. The normalized spacial score (nSPS) is 15.3. The molecular formula is C17H20N2O. The summed E-state index contributed by atoms with van der Waals surface area (Å²) in [6.07, 6.45) is 4.15. The zero-order valence-corrected chi connectivity index (χ0v) is 12.0. The van der Waals surface area contributed by atoms with Crippen LogP contribution >= 0.6 is 0 Å². The Labute approximate surface area is 120 Å². The lowest BCUT2D eigenvalue weighted by molar-refractivity contribution is 0.283. The Hall–Kier alpha value is -1.87. The Balaban J connectivity index is 2.03. The number of rotatable bonds is 3. The summed E-state index contributed by atoms with van der Waals surface area (Å²) in [5.41, 5.74) is 4.72. The molecule has 0 saturated carbocycles. The van der Waals surface area contributed by atoms with Gasteiger partial charge in [0.05, 0.1) is 12.6 Å². The number of nitrogens with zero attached hydrogens (tertiary/aromatic N) is 1. The molecule has 2 aromatic rings. The standard InChI is InChI=1S/C17H20N2O/c1-12-8-9-14(11-19-12)16(18-2)15-7-3-5-13-6-4-10-20-17(13)15/h3,5,7-9,11,16,18H,4,6,10H2,1-2H3. The van der Waals surface area contributed by atoms with Gasteiger partial charge in [0.1, 0.15) is 5.75 Å². The maximum Gasteiger partial charge on any atom is 0.127 e. The zero-order chi connectivity index (χ0) is 13.9. The molecule has 1 aromatic carbocycles. The first-order valence-corrected chi connectivity index (χ1v) is 7.14. The van der Waals surface area contributed by atoms with Crippen molar-refractivity contribution in [1.29, 1.82) is 0 Å². The summed E-state index contributed by atoms with van der Waals surface area (Å²) in [4.78, 5) is 4.40. The van der Waals surface area contributed by atoms with Crippen LogP contribution in [0.15, 0.2) is 36.5 Å². The van der Waals surface area contributed by atoms with Gasteiger partial charge in [-0.25, -0.2) is 0 Å². The molecule has 0 amide bonds. The number of ether oxygens (including phenoxy) is 1. The van der Waals surface area contributed by atoms with Crippen LogP contribution in [0.3, 0.4) is 0 Å². The maximum atomic E-state index is 5.92. The van der Waals surface area contributed by atoms with Gasteiger partial charge in [-0.1, -0.05) is 24.3 Å². The molecule has 1 aromatic heterocycles. The summed E-state index contributed by atoms with van der Waals surface area (Å²) in [5, 5.41) is 3.38. The number of para-hydroxylation sites is 1. The highest BCUT2D eigenvalue weighted by atomic mass is 16.5. The van der Waals surface area contributed by atoms with Crippen LogP contribution in [0.1, 0.15) is 34.8 Å². The molecule has 0 saturated heterocycles. The maximum absolute atomic E-state index is 5.92. The molecule has 0 fully saturated rings. The second-order valence-corrected chi connectivity index (χ2v) is 5.24. The minimum absolute atomic E-state index is 0.121. The van der Waals surface area contributed by atoms with Crippen LogP contribution in [-0.4, -0.2) is 18.6 Å². The van der Waals surface area contributed by atoms with Crippen LogP contribution in [0, 0.1) is 6.92 Å². The van der Waals surface area contributed by atoms with Crippen molar-refractivity contribution in [3.05, 3.63) is 58.9 Å². The van der Waals surface area contributed by atoms with Gasteiger partial charge in [0, 0.05) is 17.5 Å². The number of nitrogens with one attached hydrogen (secondary N) is 1. The number of hydrogen-bond acceptors (Lipinski definition) is 3. The number of pyridine rings is 1. The summed E-state index contributed by atoms with van der Waals surface area (Å²) in [6.45, 7) is 2.82. The van der Waals surface area contributed by atoms with Crippen LogP contribution < -0.4 is 10.1 Å². The highest BCUT2D eigenvalue weighted by Crippen LogP contribution is 2.35. The average molecular weight is 268 g/mol. The highest BCUT2D eigenvalue weighted by molar-refractivity contribution is 5.47. The monoisotopic (exact) mass is 268 g/mol. The van der Waals surface area contributed by atoms with Gasteiger partial charge in [0.25, 0.3) is 0 Å². The van der Waals surface area contributed by atoms with E-state index in [9.17, 15) is 0 Å².